The van der Waals surface area contributed by atoms with Crippen LogP contribution in [-0.2, 0) is 0 Å². The summed E-state index contributed by atoms with van der Waals surface area (Å²) in [6.07, 6.45) is 5.40. The Morgan fingerprint density at radius 2 is 2.11 bits per heavy atom. The molecule has 5 heteroatoms. The Balaban J connectivity index is 2.07. The maximum Gasteiger partial charge on any atom is 0.170 e. The lowest BCUT2D eigenvalue weighted by Crippen LogP contribution is -1.97. The summed E-state index contributed by atoms with van der Waals surface area (Å²) >= 11 is 1.60. The van der Waals surface area contributed by atoms with Crippen LogP contribution in [0.4, 0.5) is 5.82 Å². The zero-order valence-corrected chi connectivity index (χ0v) is 11.6. The lowest BCUT2D eigenvalue weighted by molar-refractivity contribution is 1.04. The number of nitrogens with two attached hydrogens (primary N) is 1. The first-order valence-electron chi connectivity index (χ1n) is 5.98. The van der Waals surface area contributed by atoms with Crippen LogP contribution in [0.2, 0.25) is 0 Å². The van der Waals surface area contributed by atoms with E-state index in [4.69, 9.17) is 5.73 Å². The smallest absolute Gasteiger partial charge is 0.170 e. The Labute approximate surface area is 115 Å². The summed E-state index contributed by atoms with van der Waals surface area (Å²) in [7, 11) is 0. The Bertz CT molecular complexity index is 748. The first-order chi connectivity index (χ1) is 9.13. The highest BCUT2D eigenvalue weighted by Crippen LogP contribution is 2.32. The molecule has 0 spiro atoms. The summed E-state index contributed by atoms with van der Waals surface area (Å²) in [5, 5.41) is 0.831. The third kappa shape index (κ3) is 2.29. The molecule has 4 nitrogen and oxygen atoms in total. The van der Waals surface area contributed by atoms with Gasteiger partial charge in [-0.05, 0) is 25.5 Å². The van der Waals surface area contributed by atoms with Crippen LogP contribution in [-0.4, -0.2) is 14.4 Å². The van der Waals surface area contributed by atoms with Gasteiger partial charge in [-0.25, -0.2) is 9.97 Å². The first kappa shape index (κ1) is 12.0. The fraction of sp³-hybridized carbons (Fsp3) is 0.143. The fourth-order valence-electron chi connectivity index (χ4n) is 2.01. The van der Waals surface area contributed by atoms with Crippen molar-refractivity contribution in [3.63, 3.8) is 0 Å². The third-order valence-electron chi connectivity index (χ3n) is 2.90. The highest BCUT2D eigenvalue weighted by molar-refractivity contribution is 7.99. The van der Waals surface area contributed by atoms with Gasteiger partial charge in [0.25, 0.3) is 0 Å². The molecule has 0 bridgehead atoms. The van der Waals surface area contributed by atoms with Crippen molar-refractivity contribution in [1.29, 1.82) is 0 Å². The monoisotopic (exact) mass is 270 g/mol. The van der Waals surface area contributed by atoms with Crippen molar-refractivity contribution in [2.45, 2.75) is 23.8 Å². The van der Waals surface area contributed by atoms with Gasteiger partial charge in [-0.1, -0.05) is 29.5 Å². The molecule has 0 aliphatic carbocycles. The fourth-order valence-corrected chi connectivity index (χ4v) is 2.97. The Morgan fingerprint density at radius 1 is 1.26 bits per heavy atom. The summed E-state index contributed by atoms with van der Waals surface area (Å²) in [4.78, 5) is 9.89. The van der Waals surface area contributed by atoms with E-state index in [1.165, 1.54) is 16.0 Å². The number of hydrogen-bond acceptors (Lipinski definition) is 4. The van der Waals surface area contributed by atoms with E-state index in [1.54, 1.807) is 24.2 Å². The van der Waals surface area contributed by atoms with Gasteiger partial charge < -0.3 is 10.1 Å². The van der Waals surface area contributed by atoms with E-state index in [9.17, 15) is 0 Å². The molecule has 2 aromatic heterocycles. The van der Waals surface area contributed by atoms with Crippen LogP contribution in [0.1, 0.15) is 11.1 Å². The van der Waals surface area contributed by atoms with Crippen molar-refractivity contribution in [1.82, 2.24) is 14.4 Å². The van der Waals surface area contributed by atoms with Crippen molar-refractivity contribution in [3.05, 3.63) is 47.9 Å². The van der Waals surface area contributed by atoms with Crippen LogP contribution in [0.15, 0.2) is 46.7 Å². The van der Waals surface area contributed by atoms with Crippen molar-refractivity contribution >= 4 is 23.2 Å². The van der Waals surface area contributed by atoms with Gasteiger partial charge in [-0.2, -0.15) is 0 Å². The SMILES string of the molecule is Cc1ccc(Sc2nc(N)cn3ccnc23)c(C)c1. The maximum atomic E-state index is 5.83. The predicted octanol–water partition coefficient (Wildman–Crippen LogP) is 3.08. The normalized spacial score (nSPS) is 11.1. The zero-order valence-electron chi connectivity index (χ0n) is 10.8. The molecule has 0 unspecified atom stereocenters. The molecule has 2 heterocycles. The first-order valence-corrected chi connectivity index (χ1v) is 6.79. The molecule has 0 aliphatic rings. The lowest BCUT2D eigenvalue weighted by Gasteiger charge is -2.07. The van der Waals surface area contributed by atoms with Crippen molar-refractivity contribution in [2.75, 3.05) is 5.73 Å². The van der Waals surface area contributed by atoms with E-state index in [2.05, 4.69) is 42.0 Å². The van der Waals surface area contributed by atoms with Crippen LogP contribution in [0, 0.1) is 13.8 Å². The lowest BCUT2D eigenvalue weighted by atomic mass is 10.2. The molecule has 19 heavy (non-hydrogen) atoms. The summed E-state index contributed by atoms with van der Waals surface area (Å²) in [5.41, 5.74) is 9.15. The molecule has 0 saturated heterocycles. The Kier molecular flexibility index (Phi) is 2.91. The number of hydrogen-bond donors (Lipinski definition) is 1. The van der Waals surface area contributed by atoms with E-state index in [1.807, 2.05) is 10.6 Å². The maximum absolute atomic E-state index is 5.83. The van der Waals surface area contributed by atoms with E-state index < -0.39 is 0 Å². The number of aromatic nitrogens is 3. The van der Waals surface area contributed by atoms with Gasteiger partial charge in [0.2, 0.25) is 0 Å². The van der Waals surface area contributed by atoms with Gasteiger partial charge in [0.05, 0.1) is 6.20 Å². The minimum absolute atomic E-state index is 0.498. The standard InChI is InChI=1S/C14H14N4S/c1-9-3-4-11(10(2)7-9)19-14-13-16-5-6-18(13)8-12(15)17-14/h3-8H,15H2,1-2H3. The molecule has 3 aromatic rings. The zero-order chi connectivity index (χ0) is 13.4. The van der Waals surface area contributed by atoms with Gasteiger partial charge in [0.15, 0.2) is 5.65 Å². The molecule has 96 valence electrons. The van der Waals surface area contributed by atoms with Crippen LogP contribution < -0.4 is 5.73 Å². The van der Waals surface area contributed by atoms with Gasteiger partial charge in [0.1, 0.15) is 10.8 Å². The molecule has 0 radical (unpaired) electrons. The average molecular weight is 270 g/mol. The number of fused-ring (bicyclic) bond motifs is 1. The number of aryl methyl sites for hydroxylation is 2. The average Bonchev–Trinajstić information content (AvgIpc) is 2.80. The van der Waals surface area contributed by atoms with E-state index in [0.29, 0.717) is 5.82 Å². The van der Waals surface area contributed by atoms with Crippen molar-refractivity contribution in [2.24, 2.45) is 0 Å². The number of nitrogens with zero attached hydrogens (tertiary/aromatic N) is 3. The molecular formula is C14H14N4S. The molecule has 0 aliphatic heterocycles. The predicted molar refractivity (Wildman–Crippen MR) is 77.4 cm³/mol. The van der Waals surface area contributed by atoms with Gasteiger partial charge in [0, 0.05) is 17.3 Å². The minimum Gasteiger partial charge on any atom is -0.382 e. The van der Waals surface area contributed by atoms with E-state index in [0.717, 1.165) is 10.7 Å². The number of imidazole rings is 1. The van der Waals surface area contributed by atoms with Crippen molar-refractivity contribution in [3.8, 4) is 0 Å². The molecule has 2 N–H and O–H groups in total. The molecule has 1 aromatic carbocycles. The second kappa shape index (κ2) is 4.59. The van der Waals surface area contributed by atoms with Gasteiger partial charge >= 0.3 is 0 Å². The molecule has 0 fully saturated rings. The van der Waals surface area contributed by atoms with Crippen LogP contribution in [0.5, 0.6) is 0 Å². The highest BCUT2D eigenvalue weighted by atomic mass is 32.2. The van der Waals surface area contributed by atoms with Crippen LogP contribution >= 0.6 is 11.8 Å². The largest absolute Gasteiger partial charge is 0.382 e. The third-order valence-corrected chi connectivity index (χ3v) is 4.04. The minimum atomic E-state index is 0.498. The van der Waals surface area contributed by atoms with Gasteiger partial charge in [-0.15, -0.1) is 0 Å². The summed E-state index contributed by atoms with van der Waals surface area (Å²) < 4.78 is 1.90. The quantitative estimate of drug-likeness (QED) is 0.777. The number of rotatable bonds is 2. The molecule has 0 saturated carbocycles. The van der Waals surface area contributed by atoms with Crippen LogP contribution in [0.3, 0.4) is 0 Å². The second-order valence-corrected chi connectivity index (χ2v) is 5.53. The highest BCUT2D eigenvalue weighted by Gasteiger charge is 2.09. The number of nitrogen functional groups attached to an aromatic ring is 1. The van der Waals surface area contributed by atoms with Gasteiger partial charge in [-0.3, -0.25) is 0 Å². The molecular weight excluding hydrogens is 256 g/mol. The molecule has 0 amide bonds. The van der Waals surface area contributed by atoms with E-state index >= 15 is 0 Å². The topological polar surface area (TPSA) is 56.2 Å². The molecule has 3 rings (SSSR count). The Morgan fingerprint density at radius 3 is 2.89 bits per heavy atom. The van der Waals surface area contributed by atoms with Crippen molar-refractivity contribution < 1.29 is 0 Å². The molecule has 0 atom stereocenters. The summed E-state index contributed by atoms with van der Waals surface area (Å²) in [5.74, 6) is 0.498. The Hall–Kier alpha value is -2.01. The number of benzene rings is 1. The summed E-state index contributed by atoms with van der Waals surface area (Å²) in [6.45, 7) is 4.19. The number of anilines is 1. The van der Waals surface area contributed by atoms with E-state index in [-0.39, 0.29) is 0 Å². The van der Waals surface area contributed by atoms with Crippen LogP contribution in [0.25, 0.3) is 5.65 Å². The second-order valence-electron chi connectivity index (χ2n) is 4.50. The summed E-state index contributed by atoms with van der Waals surface area (Å²) in [6, 6.07) is 6.38.